The second-order valence-corrected chi connectivity index (χ2v) is 4.72. The first-order valence-electron chi connectivity index (χ1n) is 6.06. The topological polar surface area (TPSA) is 81.9 Å². The van der Waals surface area contributed by atoms with Crippen molar-refractivity contribution >= 4 is 29.2 Å². The van der Waals surface area contributed by atoms with Crippen molar-refractivity contribution in [3.63, 3.8) is 0 Å². The Hall–Kier alpha value is -1.79. The maximum absolute atomic E-state index is 12.5. The molecule has 1 atom stereocenters. The zero-order chi connectivity index (χ0) is 14.7. The zero-order valence-corrected chi connectivity index (χ0v) is 11.7. The predicted molar refractivity (Wildman–Crippen MR) is 73.5 cm³/mol. The second kappa shape index (κ2) is 6.11. The van der Waals surface area contributed by atoms with Gasteiger partial charge < -0.3 is 20.1 Å². The minimum Gasteiger partial charge on any atom is -0.467 e. The summed E-state index contributed by atoms with van der Waals surface area (Å²) in [7, 11) is 1.27. The van der Waals surface area contributed by atoms with Crippen molar-refractivity contribution in [1.82, 2.24) is 4.90 Å². The van der Waals surface area contributed by atoms with Crippen LogP contribution in [0.4, 0.5) is 5.69 Å². The van der Waals surface area contributed by atoms with E-state index in [1.54, 1.807) is 18.2 Å². The van der Waals surface area contributed by atoms with E-state index in [1.165, 1.54) is 12.0 Å². The quantitative estimate of drug-likeness (QED) is 0.649. The van der Waals surface area contributed by atoms with E-state index in [2.05, 4.69) is 4.74 Å². The molecule has 1 unspecified atom stereocenters. The van der Waals surface area contributed by atoms with E-state index in [1.807, 2.05) is 0 Å². The first-order chi connectivity index (χ1) is 9.56. The van der Waals surface area contributed by atoms with Crippen LogP contribution in [0.1, 0.15) is 10.4 Å². The van der Waals surface area contributed by atoms with Crippen molar-refractivity contribution in [3.8, 4) is 0 Å². The van der Waals surface area contributed by atoms with E-state index < -0.39 is 12.0 Å². The monoisotopic (exact) mass is 298 g/mol. The van der Waals surface area contributed by atoms with Gasteiger partial charge in [-0.2, -0.15) is 0 Å². The van der Waals surface area contributed by atoms with Crippen molar-refractivity contribution in [2.75, 3.05) is 32.6 Å². The number of ether oxygens (including phenoxy) is 2. The van der Waals surface area contributed by atoms with Crippen LogP contribution < -0.4 is 5.73 Å². The fourth-order valence-corrected chi connectivity index (χ4v) is 2.23. The van der Waals surface area contributed by atoms with Gasteiger partial charge in [-0.3, -0.25) is 4.79 Å². The summed E-state index contributed by atoms with van der Waals surface area (Å²) in [4.78, 5) is 25.6. The molecule has 7 heteroatoms. The van der Waals surface area contributed by atoms with Gasteiger partial charge in [0.2, 0.25) is 0 Å². The summed E-state index contributed by atoms with van der Waals surface area (Å²) < 4.78 is 9.91. The smallest absolute Gasteiger partial charge is 0.331 e. The van der Waals surface area contributed by atoms with Gasteiger partial charge in [0.05, 0.1) is 36.6 Å². The number of esters is 1. The molecule has 0 bridgehead atoms. The lowest BCUT2D eigenvalue weighted by atomic mass is 10.1. The molecule has 20 heavy (non-hydrogen) atoms. The zero-order valence-electron chi connectivity index (χ0n) is 11.0. The average molecular weight is 299 g/mol. The minimum absolute atomic E-state index is 0.110. The Labute approximate surface area is 121 Å². The van der Waals surface area contributed by atoms with Crippen molar-refractivity contribution in [3.05, 3.63) is 28.8 Å². The van der Waals surface area contributed by atoms with E-state index in [9.17, 15) is 9.59 Å². The number of halogens is 1. The molecule has 1 fully saturated rings. The number of nitrogens with two attached hydrogens (primary N) is 1. The Morgan fingerprint density at radius 3 is 2.95 bits per heavy atom. The number of hydrogen-bond acceptors (Lipinski definition) is 5. The highest BCUT2D eigenvalue weighted by Crippen LogP contribution is 2.25. The van der Waals surface area contributed by atoms with E-state index in [-0.39, 0.29) is 23.8 Å². The third kappa shape index (κ3) is 2.71. The van der Waals surface area contributed by atoms with Crippen LogP contribution in [0, 0.1) is 0 Å². The van der Waals surface area contributed by atoms with Gasteiger partial charge >= 0.3 is 5.97 Å². The van der Waals surface area contributed by atoms with E-state index in [0.29, 0.717) is 18.2 Å². The van der Waals surface area contributed by atoms with Crippen molar-refractivity contribution in [1.29, 1.82) is 0 Å². The number of carbonyl (C=O) groups excluding carboxylic acids is 2. The second-order valence-electron chi connectivity index (χ2n) is 4.31. The van der Waals surface area contributed by atoms with Crippen molar-refractivity contribution in [2.24, 2.45) is 0 Å². The molecule has 1 aromatic rings. The normalized spacial score (nSPS) is 18.7. The Morgan fingerprint density at radius 1 is 1.50 bits per heavy atom. The molecular formula is C13H15ClN2O4. The minimum atomic E-state index is -0.764. The number of morpholine rings is 1. The van der Waals surface area contributed by atoms with Crippen LogP contribution in [-0.4, -0.2) is 49.7 Å². The molecule has 0 saturated carbocycles. The van der Waals surface area contributed by atoms with Crippen LogP contribution in [0.25, 0.3) is 0 Å². The maximum atomic E-state index is 12.5. The van der Waals surface area contributed by atoms with Crippen molar-refractivity contribution in [2.45, 2.75) is 6.04 Å². The SMILES string of the molecule is COC(=O)C1COCCN1C(=O)c1cccc(Cl)c1N. The molecule has 2 N–H and O–H groups in total. The number of anilines is 1. The summed E-state index contributed by atoms with van der Waals surface area (Å²) in [5, 5.41) is 0.304. The fraction of sp³-hybridized carbons (Fsp3) is 0.385. The van der Waals surface area contributed by atoms with Gasteiger partial charge in [0.15, 0.2) is 6.04 Å². The molecule has 1 heterocycles. The molecule has 108 valence electrons. The van der Waals surface area contributed by atoms with Crippen LogP contribution in [-0.2, 0) is 14.3 Å². The molecule has 1 aliphatic heterocycles. The molecule has 0 spiro atoms. The van der Waals surface area contributed by atoms with Gasteiger partial charge in [-0.1, -0.05) is 17.7 Å². The summed E-state index contributed by atoms with van der Waals surface area (Å²) in [5.74, 6) is -0.873. The van der Waals surface area contributed by atoms with E-state index in [4.69, 9.17) is 22.1 Å². The Bertz CT molecular complexity index is 535. The van der Waals surface area contributed by atoms with Gasteiger partial charge in [-0.15, -0.1) is 0 Å². The van der Waals surface area contributed by atoms with Crippen LogP contribution in [0.3, 0.4) is 0 Å². The number of nitrogens with zero attached hydrogens (tertiary/aromatic N) is 1. The molecule has 1 aliphatic rings. The molecule has 0 aliphatic carbocycles. The molecule has 1 amide bonds. The third-order valence-corrected chi connectivity index (χ3v) is 3.48. The molecule has 6 nitrogen and oxygen atoms in total. The highest BCUT2D eigenvalue weighted by molar-refractivity contribution is 6.34. The summed E-state index contributed by atoms with van der Waals surface area (Å²) >= 11 is 5.91. The highest BCUT2D eigenvalue weighted by Gasteiger charge is 2.34. The Kier molecular flexibility index (Phi) is 4.46. The molecule has 0 radical (unpaired) electrons. The molecule has 0 aromatic heterocycles. The van der Waals surface area contributed by atoms with Crippen LogP contribution in [0.15, 0.2) is 18.2 Å². The highest BCUT2D eigenvalue weighted by atomic mass is 35.5. The lowest BCUT2D eigenvalue weighted by molar-refractivity contribution is -0.151. The third-order valence-electron chi connectivity index (χ3n) is 3.15. The lowest BCUT2D eigenvalue weighted by Crippen LogP contribution is -2.53. The molecular weight excluding hydrogens is 284 g/mol. The molecule has 1 aromatic carbocycles. The van der Waals surface area contributed by atoms with Crippen LogP contribution in [0.5, 0.6) is 0 Å². The summed E-state index contributed by atoms with van der Waals surface area (Å²) in [6.45, 7) is 0.767. The van der Waals surface area contributed by atoms with E-state index >= 15 is 0 Å². The van der Waals surface area contributed by atoms with Gasteiger partial charge in [0.1, 0.15) is 0 Å². The number of carbonyl (C=O) groups is 2. The number of nitrogen functional groups attached to an aromatic ring is 1. The molecule has 2 rings (SSSR count). The standard InChI is InChI=1S/C13H15ClN2O4/c1-19-13(18)10-7-20-6-5-16(10)12(17)8-3-2-4-9(14)11(8)15/h2-4,10H,5-7,15H2,1H3. The number of hydrogen-bond donors (Lipinski definition) is 1. The first kappa shape index (κ1) is 14.6. The number of methoxy groups -OCH3 is 1. The number of amides is 1. The van der Waals surface area contributed by atoms with Gasteiger partial charge in [0, 0.05) is 6.54 Å². The summed E-state index contributed by atoms with van der Waals surface area (Å²) in [6, 6.07) is 4.05. The maximum Gasteiger partial charge on any atom is 0.331 e. The van der Waals surface area contributed by atoms with Crippen molar-refractivity contribution < 1.29 is 19.1 Å². The summed E-state index contributed by atoms with van der Waals surface area (Å²) in [5.41, 5.74) is 6.29. The fourth-order valence-electron chi connectivity index (χ4n) is 2.06. The lowest BCUT2D eigenvalue weighted by Gasteiger charge is -2.33. The number of benzene rings is 1. The van der Waals surface area contributed by atoms with Gasteiger partial charge in [-0.25, -0.2) is 4.79 Å². The van der Waals surface area contributed by atoms with Crippen LogP contribution in [0.2, 0.25) is 5.02 Å². The average Bonchev–Trinajstić information content (AvgIpc) is 2.48. The number of rotatable bonds is 2. The van der Waals surface area contributed by atoms with Gasteiger partial charge in [0.25, 0.3) is 5.91 Å². The first-order valence-corrected chi connectivity index (χ1v) is 6.44. The largest absolute Gasteiger partial charge is 0.467 e. The predicted octanol–water partition coefficient (Wildman–Crippen LogP) is 0.936. The molecule has 1 saturated heterocycles. The Morgan fingerprint density at radius 2 is 2.25 bits per heavy atom. The Balaban J connectivity index is 2.30. The van der Waals surface area contributed by atoms with Gasteiger partial charge in [-0.05, 0) is 12.1 Å². The number of para-hydroxylation sites is 1. The van der Waals surface area contributed by atoms with E-state index in [0.717, 1.165) is 0 Å². The summed E-state index contributed by atoms with van der Waals surface area (Å²) in [6.07, 6.45) is 0. The van der Waals surface area contributed by atoms with Crippen LogP contribution >= 0.6 is 11.6 Å².